The number of carbonyl (C=O) groups is 2. The highest BCUT2D eigenvalue weighted by Gasteiger charge is 2.47. The summed E-state index contributed by atoms with van der Waals surface area (Å²) < 4.78 is 34.6. The Hall–Kier alpha value is -5.09. The van der Waals surface area contributed by atoms with Crippen molar-refractivity contribution in [2.75, 3.05) is 33.9 Å². The molecule has 3 aliphatic heterocycles. The Morgan fingerprint density at radius 3 is 2.28 bits per heavy atom. The molecule has 2 saturated carbocycles. The number of hydrogen-bond acceptors (Lipinski definition) is 10. The van der Waals surface area contributed by atoms with Gasteiger partial charge >= 0.3 is 6.09 Å². The Morgan fingerprint density at radius 2 is 1.61 bits per heavy atom. The Bertz CT molecular complexity index is 2590. The second-order valence-electron chi connectivity index (χ2n) is 22.4. The van der Waals surface area contributed by atoms with Crippen molar-refractivity contribution in [3.05, 3.63) is 76.9 Å². The molecule has 8 atom stereocenters. The standard InChI is InChI=1S/C56H75FN8O6/c1-31(2)44(62-54(67)69-6)30-64-21-8-11-45(64)51-58-28-42(60-51)35-13-14-39-33(5)40-25-38(24-36(39)23-35)48-41(57)26-37(27-47(48)71-50(40)34-15-19-56(20-16-34)17-10-18-56)43-29-59-52(61-43)46-12-9-22-65(46)53(66)49(32(3)4)63-55(68)70-7/h13-14,23-24,26-29,31-34,40,44-46,49-50,54,62,67H,8-12,15-22,25,30H2,1-7H3,(H,58,60)(H,59,61)(H,63,68). The van der Waals surface area contributed by atoms with Crippen LogP contribution in [0, 0.1) is 34.9 Å². The molecule has 3 aliphatic carbocycles. The molecule has 2 aromatic heterocycles. The van der Waals surface area contributed by atoms with Crippen LogP contribution in [0.3, 0.4) is 0 Å². The van der Waals surface area contributed by atoms with Crippen molar-refractivity contribution in [1.82, 2.24) is 40.4 Å². The van der Waals surface area contributed by atoms with Gasteiger partial charge < -0.3 is 39.5 Å². The first-order valence-corrected chi connectivity index (χ1v) is 26.5. The number of aromatic amines is 2. The highest BCUT2D eigenvalue weighted by atomic mass is 19.1. The Labute approximate surface area is 418 Å². The van der Waals surface area contributed by atoms with Crippen molar-refractivity contribution in [1.29, 1.82) is 0 Å². The third kappa shape index (κ3) is 9.80. The number of alkyl carbamates (subject to hydrolysis) is 1. The number of carbonyl (C=O) groups excluding carboxylic acids is 2. The highest BCUT2D eigenvalue weighted by Crippen LogP contribution is 2.56. The number of benzene rings is 2. The second kappa shape index (κ2) is 20.4. The van der Waals surface area contributed by atoms with Crippen molar-refractivity contribution < 1.29 is 33.3 Å². The van der Waals surface area contributed by atoms with Crippen molar-refractivity contribution in [3.63, 3.8) is 0 Å². The van der Waals surface area contributed by atoms with E-state index in [-0.39, 0.29) is 53.7 Å². The summed E-state index contributed by atoms with van der Waals surface area (Å²) in [6, 6.07) is 9.46. The number of fused-ring (bicyclic) bond motifs is 5. The van der Waals surface area contributed by atoms with E-state index in [0.29, 0.717) is 65.0 Å². The highest BCUT2D eigenvalue weighted by molar-refractivity contribution is 5.89. The van der Waals surface area contributed by atoms with Crippen LogP contribution in [0.4, 0.5) is 9.18 Å². The average molecular weight is 975 g/mol. The van der Waals surface area contributed by atoms with Gasteiger partial charge in [-0.25, -0.2) is 19.2 Å². The minimum Gasteiger partial charge on any atom is -0.489 e. The number of halogens is 1. The van der Waals surface area contributed by atoms with E-state index < -0.39 is 18.5 Å². The van der Waals surface area contributed by atoms with Gasteiger partial charge in [-0.05, 0) is 141 Å². The van der Waals surface area contributed by atoms with Crippen LogP contribution in [0.25, 0.3) is 34.2 Å². The van der Waals surface area contributed by atoms with E-state index >= 15 is 4.39 Å². The van der Waals surface area contributed by atoms with E-state index in [1.54, 1.807) is 17.2 Å². The maximum atomic E-state index is 17.3. The number of hydrogen-bond donors (Lipinski definition) is 5. The molecule has 2 aromatic carbocycles. The average Bonchev–Trinajstić information content (AvgIpc) is 4.19. The number of allylic oxidation sites excluding steroid dienone is 1. The fourth-order valence-corrected chi connectivity index (χ4v) is 13.2. The number of likely N-dealkylation sites (tertiary alicyclic amines) is 2. The van der Waals surface area contributed by atoms with E-state index in [1.807, 2.05) is 26.1 Å². The molecule has 4 aromatic rings. The lowest BCUT2D eigenvalue weighted by Crippen LogP contribution is -2.51. The molecule has 15 heteroatoms. The number of nitrogens with zero attached hydrogens (tertiary/aromatic N) is 4. The van der Waals surface area contributed by atoms with Crippen LogP contribution in [0.2, 0.25) is 0 Å². The number of nitrogens with one attached hydrogen (secondary N) is 4. The molecule has 2 amide bonds. The van der Waals surface area contributed by atoms with E-state index in [9.17, 15) is 14.7 Å². The number of imidazole rings is 2. The lowest BCUT2D eigenvalue weighted by Gasteiger charge is -2.49. The van der Waals surface area contributed by atoms with Gasteiger partial charge in [0.1, 0.15) is 35.4 Å². The predicted octanol–water partition coefficient (Wildman–Crippen LogP) is 10.1. The number of H-pyrrole nitrogens is 2. The fraction of sp³-hybridized carbons (Fsp3) is 0.607. The first-order valence-electron chi connectivity index (χ1n) is 26.5. The molecule has 1 spiro atoms. The van der Waals surface area contributed by atoms with Crippen LogP contribution in [-0.2, 0) is 14.3 Å². The van der Waals surface area contributed by atoms with Gasteiger partial charge in [0.25, 0.3) is 0 Å². The Kier molecular flexibility index (Phi) is 14.2. The van der Waals surface area contributed by atoms with Gasteiger partial charge in [0.05, 0.1) is 48.5 Å². The summed E-state index contributed by atoms with van der Waals surface area (Å²) in [6.45, 7) is 12.7. The van der Waals surface area contributed by atoms with Gasteiger partial charge in [-0.2, -0.15) is 0 Å². The molecule has 2 bridgehead atoms. The second-order valence-corrected chi connectivity index (χ2v) is 22.4. The molecule has 71 heavy (non-hydrogen) atoms. The van der Waals surface area contributed by atoms with Crippen LogP contribution >= 0.6 is 0 Å². The first kappa shape index (κ1) is 49.5. The molecular formula is C56H75FN8O6. The maximum absolute atomic E-state index is 17.3. The lowest BCUT2D eigenvalue weighted by atomic mass is 9.58. The number of aromatic nitrogens is 4. The number of ether oxygens (including phenoxy) is 3. The number of methoxy groups -OCH3 is 2. The monoisotopic (exact) mass is 975 g/mol. The molecule has 5 heterocycles. The summed E-state index contributed by atoms with van der Waals surface area (Å²) >= 11 is 0. The molecule has 10 rings (SSSR count). The molecule has 0 radical (unpaired) electrons. The Morgan fingerprint density at radius 1 is 0.901 bits per heavy atom. The van der Waals surface area contributed by atoms with Crippen LogP contribution in [0.15, 0.2) is 42.7 Å². The van der Waals surface area contributed by atoms with Crippen molar-refractivity contribution >= 4 is 23.6 Å². The van der Waals surface area contributed by atoms with Crippen molar-refractivity contribution in [2.45, 2.75) is 154 Å². The quantitative estimate of drug-likeness (QED) is 0.0767. The zero-order valence-electron chi connectivity index (χ0n) is 42.7. The minimum atomic E-state index is -1.02. The summed E-state index contributed by atoms with van der Waals surface area (Å²) in [7, 11) is 2.79. The molecule has 4 fully saturated rings. The molecule has 2 saturated heterocycles. The smallest absolute Gasteiger partial charge is 0.407 e. The third-order valence-corrected chi connectivity index (χ3v) is 17.6. The van der Waals surface area contributed by atoms with Gasteiger partial charge in [-0.1, -0.05) is 59.2 Å². The first-order chi connectivity index (χ1) is 34.2. The van der Waals surface area contributed by atoms with Crippen LogP contribution in [-0.4, -0.2) is 105 Å². The maximum Gasteiger partial charge on any atom is 0.407 e. The predicted molar refractivity (Wildman–Crippen MR) is 271 cm³/mol. The summed E-state index contributed by atoms with van der Waals surface area (Å²) in [5.74, 6) is 2.42. The van der Waals surface area contributed by atoms with Gasteiger partial charge in [0.15, 0.2) is 0 Å². The fourth-order valence-electron chi connectivity index (χ4n) is 13.2. The largest absolute Gasteiger partial charge is 0.489 e. The Balaban J connectivity index is 0.963. The van der Waals surface area contributed by atoms with Crippen molar-refractivity contribution in [3.8, 4) is 28.3 Å². The van der Waals surface area contributed by atoms with E-state index in [0.717, 1.165) is 73.4 Å². The van der Waals surface area contributed by atoms with Gasteiger partial charge in [-0.3, -0.25) is 15.0 Å². The molecule has 382 valence electrons. The van der Waals surface area contributed by atoms with Crippen LogP contribution in [0.5, 0.6) is 5.75 Å². The normalized spacial score (nSPS) is 25.4. The number of amides is 2. The molecule has 8 unspecified atom stereocenters. The summed E-state index contributed by atoms with van der Waals surface area (Å²) in [5, 5.41) is 16.2. The zero-order valence-corrected chi connectivity index (χ0v) is 42.7. The summed E-state index contributed by atoms with van der Waals surface area (Å²) in [5.41, 5.74) is 7.61. The number of aliphatic hydroxyl groups excluding tert-OH is 1. The lowest BCUT2D eigenvalue weighted by molar-refractivity contribution is -0.135. The minimum absolute atomic E-state index is 0.0417. The molecule has 6 aliphatic rings. The SMILES string of the molecule is COC(=O)NC(C(=O)N1CCCC1c1ncc(-c2cc(F)c3c(c2)OC(C2CCC4(CCC4)CC2)C2CC3=Cc3cc(-c4cnc(C5CCCN5CC(NC(O)OC)C(C)C)[nH]4)ccc3C2C)[nH]1)C(C)C. The molecule has 5 N–H and O–H groups in total. The number of aliphatic hydroxyl groups is 1. The zero-order chi connectivity index (χ0) is 49.7. The van der Waals surface area contributed by atoms with Gasteiger partial charge in [0, 0.05) is 43.3 Å². The van der Waals surface area contributed by atoms with Crippen LogP contribution < -0.4 is 15.4 Å². The molecule has 14 nitrogen and oxygen atoms in total. The van der Waals surface area contributed by atoms with E-state index in [4.69, 9.17) is 24.2 Å². The summed E-state index contributed by atoms with van der Waals surface area (Å²) in [6.07, 6.45) is 17.1. The van der Waals surface area contributed by atoms with Gasteiger partial charge in [-0.15, -0.1) is 0 Å². The van der Waals surface area contributed by atoms with Gasteiger partial charge in [0.2, 0.25) is 12.3 Å². The third-order valence-electron chi connectivity index (χ3n) is 17.6. The summed E-state index contributed by atoms with van der Waals surface area (Å²) in [4.78, 5) is 47.3. The van der Waals surface area contributed by atoms with Crippen LogP contribution in [0.1, 0.15) is 158 Å². The van der Waals surface area contributed by atoms with E-state index in [1.165, 1.54) is 51.9 Å². The number of rotatable bonds is 14. The van der Waals surface area contributed by atoms with E-state index in [2.05, 4.69) is 70.5 Å². The van der Waals surface area contributed by atoms with Crippen molar-refractivity contribution in [2.24, 2.45) is 29.1 Å². The molecular weight excluding hydrogens is 900 g/mol. The topological polar surface area (TPSA) is 170 Å².